The second-order valence-electron chi connectivity index (χ2n) is 6.07. The lowest BCUT2D eigenvalue weighted by molar-refractivity contribution is 0.161. The van der Waals surface area contributed by atoms with Crippen LogP contribution in [-0.4, -0.2) is 24.1 Å². The van der Waals surface area contributed by atoms with Crippen molar-refractivity contribution in [3.63, 3.8) is 0 Å². The summed E-state index contributed by atoms with van der Waals surface area (Å²) in [6.45, 7) is 2.42. The summed E-state index contributed by atoms with van der Waals surface area (Å²) >= 11 is 1.55. The van der Waals surface area contributed by atoms with Crippen molar-refractivity contribution in [3.8, 4) is 0 Å². The normalized spacial score (nSPS) is 24.7. The van der Waals surface area contributed by atoms with Crippen LogP contribution in [0.2, 0.25) is 0 Å². The number of ether oxygens (including phenoxy) is 1. The predicted molar refractivity (Wildman–Crippen MR) is 89.9 cm³/mol. The van der Waals surface area contributed by atoms with Crippen molar-refractivity contribution in [1.82, 2.24) is 9.69 Å². The first kappa shape index (κ1) is 15.0. The van der Waals surface area contributed by atoms with Crippen LogP contribution >= 0.6 is 11.5 Å². The van der Waals surface area contributed by atoms with Crippen LogP contribution in [0, 0.1) is 5.82 Å². The van der Waals surface area contributed by atoms with Crippen molar-refractivity contribution in [2.75, 3.05) is 19.8 Å². The maximum atomic E-state index is 13.3. The number of halogens is 1. The highest BCUT2D eigenvalue weighted by Crippen LogP contribution is 2.39. The Morgan fingerprint density at radius 3 is 2.83 bits per heavy atom. The third-order valence-corrected chi connectivity index (χ3v) is 5.58. The zero-order chi connectivity index (χ0) is 15.7. The van der Waals surface area contributed by atoms with Gasteiger partial charge < -0.3 is 10.1 Å². The van der Waals surface area contributed by atoms with Crippen molar-refractivity contribution < 1.29 is 9.13 Å². The zero-order valence-corrected chi connectivity index (χ0v) is 13.7. The largest absolute Gasteiger partial charge is 0.377 e. The Kier molecular flexibility index (Phi) is 4.01. The minimum Gasteiger partial charge on any atom is -0.377 e. The van der Waals surface area contributed by atoms with Crippen molar-refractivity contribution in [3.05, 3.63) is 58.4 Å². The minimum absolute atomic E-state index is 0.201. The molecule has 1 atom stereocenters. The van der Waals surface area contributed by atoms with E-state index in [-0.39, 0.29) is 11.4 Å². The lowest BCUT2D eigenvalue weighted by atomic mass is 9.85. The van der Waals surface area contributed by atoms with Gasteiger partial charge in [0.25, 0.3) is 0 Å². The summed E-state index contributed by atoms with van der Waals surface area (Å²) in [6.07, 6.45) is 5.18. The number of hydrogen-bond donors (Lipinski definition) is 1. The molecule has 1 aromatic heterocycles. The molecule has 3 nitrogen and oxygen atoms in total. The number of nitrogens with zero attached hydrogens (tertiary/aromatic N) is 1. The quantitative estimate of drug-likeness (QED) is 0.931. The summed E-state index contributed by atoms with van der Waals surface area (Å²) in [5.41, 5.74) is 3.18. The van der Waals surface area contributed by atoms with Gasteiger partial charge >= 0.3 is 0 Å². The molecule has 0 radical (unpaired) electrons. The van der Waals surface area contributed by atoms with Crippen LogP contribution in [0.5, 0.6) is 0 Å². The van der Waals surface area contributed by atoms with Gasteiger partial charge in [-0.25, -0.2) is 4.39 Å². The molecule has 0 bridgehead atoms. The van der Waals surface area contributed by atoms with E-state index in [1.807, 2.05) is 12.1 Å². The molecule has 1 fully saturated rings. The maximum absolute atomic E-state index is 13.3. The van der Waals surface area contributed by atoms with Gasteiger partial charge in [-0.2, -0.15) is 4.37 Å². The molecule has 0 spiro atoms. The SMILES string of the molecule is Fc1ccc(C2(c3cc(C4=CCOCC4)sn3)CCCN2)cc1. The third kappa shape index (κ3) is 2.73. The Hall–Kier alpha value is -1.56. The molecule has 4 rings (SSSR count). The molecule has 2 aliphatic heterocycles. The smallest absolute Gasteiger partial charge is 0.123 e. The molecule has 0 saturated carbocycles. The lowest BCUT2D eigenvalue weighted by Crippen LogP contribution is -2.38. The molecule has 5 heteroatoms. The maximum Gasteiger partial charge on any atom is 0.123 e. The van der Waals surface area contributed by atoms with Gasteiger partial charge in [0.05, 0.1) is 29.3 Å². The number of aromatic nitrogens is 1. The second kappa shape index (κ2) is 6.15. The van der Waals surface area contributed by atoms with Gasteiger partial charge in [-0.1, -0.05) is 18.2 Å². The van der Waals surface area contributed by atoms with Gasteiger partial charge in [0.2, 0.25) is 0 Å². The molecule has 1 unspecified atom stereocenters. The fourth-order valence-electron chi connectivity index (χ4n) is 3.47. The second-order valence-corrected chi connectivity index (χ2v) is 6.88. The first-order valence-electron chi connectivity index (χ1n) is 8.03. The van der Waals surface area contributed by atoms with Crippen LogP contribution in [0.3, 0.4) is 0 Å². The molecule has 2 aliphatic rings. The van der Waals surface area contributed by atoms with E-state index in [0.717, 1.165) is 43.7 Å². The van der Waals surface area contributed by atoms with Crippen molar-refractivity contribution in [2.24, 2.45) is 0 Å². The van der Waals surface area contributed by atoms with Crippen molar-refractivity contribution in [2.45, 2.75) is 24.8 Å². The number of rotatable bonds is 3. The molecule has 3 heterocycles. The Balaban J connectivity index is 1.72. The monoisotopic (exact) mass is 330 g/mol. The Bertz CT molecular complexity index is 717. The van der Waals surface area contributed by atoms with Crippen LogP contribution in [0.15, 0.2) is 36.4 Å². The summed E-state index contributed by atoms with van der Waals surface area (Å²) in [5, 5.41) is 3.62. The van der Waals surface area contributed by atoms with Crippen LogP contribution in [0.1, 0.15) is 35.4 Å². The number of nitrogens with one attached hydrogen (secondary N) is 1. The summed E-state index contributed by atoms with van der Waals surface area (Å²) < 4.78 is 23.4. The van der Waals surface area contributed by atoms with Gasteiger partial charge in [-0.3, -0.25) is 0 Å². The minimum atomic E-state index is -0.284. The zero-order valence-electron chi connectivity index (χ0n) is 12.8. The number of benzene rings is 1. The fraction of sp³-hybridized carbons (Fsp3) is 0.389. The van der Waals surface area contributed by atoms with Crippen LogP contribution in [0.25, 0.3) is 5.57 Å². The Labute approximate surface area is 139 Å². The average molecular weight is 330 g/mol. The third-order valence-electron chi connectivity index (χ3n) is 4.72. The molecule has 1 aromatic carbocycles. The number of hydrogen-bond acceptors (Lipinski definition) is 4. The van der Waals surface area contributed by atoms with Crippen LogP contribution in [-0.2, 0) is 10.3 Å². The first-order chi connectivity index (χ1) is 11.3. The lowest BCUT2D eigenvalue weighted by Gasteiger charge is -2.28. The summed E-state index contributed by atoms with van der Waals surface area (Å²) in [5.74, 6) is -0.201. The molecule has 23 heavy (non-hydrogen) atoms. The van der Waals surface area contributed by atoms with Gasteiger partial charge in [0.15, 0.2) is 0 Å². The molecule has 0 amide bonds. The fourth-order valence-corrected chi connectivity index (χ4v) is 4.34. The highest BCUT2D eigenvalue weighted by atomic mass is 32.1. The molecular formula is C18H19FN2OS. The molecule has 1 saturated heterocycles. The van der Waals surface area contributed by atoms with E-state index in [0.29, 0.717) is 6.61 Å². The van der Waals surface area contributed by atoms with Crippen molar-refractivity contribution >= 4 is 17.1 Å². The summed E-state index contributed by atoms with van der Waals surface area (Å²) in [4.78, 5) is 1.22. The molecule has 1 N–H and O–H groups in total. The van der Waals surface area contributed by atoms with E-state index in [1.165, 1.54) is 22.6 Å². The van der Waals surface area contributed by atoms with Crippen LogP contribution in [0.4, 0.5) is 4.39 Å². The highest BCUT2D eigenvalue weighted by molar-refractivity contribution is 7.07. The van der Waals surface area contributed by atoms with Crippen LogP contribution < -0.4 is 5.32 Å². The van der Waals surface area contributed by atoms with E-state index >= 15 is 0 Å². The van der Waals surface area contributed by atoms with Gasteiger partial charge in [0.1, 0.15) is 5.82 Å². The topological polar surface area (TPSA) is 34.1 Å². The predicted octanol–water partition coefficient (Wildman–Crippen LogP) is 3.71. The average Bonchev–Trinajstić information content (AvgIpc) is 3.26. The standard InChI is InChI=1S/C18H19FN2OS/c19-15-4-2-14(3-5-15)18(8-1-9-20-18)17-12-16(23-21-17)13-6-10-22-11-7-13/h2-6,12,20H,1,7-11H2. The Morgan fingerprint density at radius 2 is 2.13 bits per heavy atom. The van der Waals surface area contributed by atoms with E-state index in [1.54, 1.807) is 11.5 Å². The van der Waals surface area contributed by atoms with E-state index in [9.17, 15) is 4.39 Å². The molecule has 120 valence electrons. The van der Waals surface area contributed by atoms with E-state index in [4.69, 9.17) is 9.11 Å². The summed E-state index contributed by atoms with van der Waals surface area (Å²) in [6, 6.07) is 9.01. The van der Waals surface area contributed by atoms with Gasteiger partial charge in [-0.05, 0) is 66.7 Å². The Morgan fingerprint density at radius 1 is 1.26 bits per heavy atom. The molecular weight excluding hydrogens is 311 g/mol. The van der Waals surface area contributed by atoms with Crippen molar-refractivity contribution in [1.29, 1.82) is 0 Å². The van der Waals surface area contributed by atoms with E-state index < -0.39 is 0 Å². The highest BCUT2D eigenvalue weighted by Gasteiger charge is 2.39. The molecule has 0 aliphatic carbocycles. The summed E-state index contributed by atoms with van der Waals surface area (Å²) in [7, 11) is 0. The van der Waals surface area contributed by atoms with Gasteiger partial charge in [0, 0.05) is 0 Å². The van der Waals surface area contributed by atoms with Gasteiger partial charge in [-0.15, -0.1) is 0 Å². The molecule has 2 aromatic rings. The van der Waals surface area contributed by atoms with E-state index in [2.05, 4.69) is 17.5 Å². The first-order valence-corrected chi connectivity index (χ1v) is 8.81.